The van der Waals surface area contributed by atoms with E-state index in [4.69, 9.17) is 0 Å². The van der Waals surface area contributed by atoms with Gasteiger partial charge in [-0.3, -0.25) is 0 Å². The quantitative estimate of drug-likeness (QED) is 0.324. The molecule has 0 bridgehead atoms. The first kappa shape index (κ1) is 6.42. The van der Waals surface area contributed by atoms with E-state index in [1.807, 2.05) is 0 Å². The number of hydrogen-bond acceptors (Lipinski definition) is 2. The van der Waals surface area contributed by atoms with Gasteiger partial charge >= 0.3 is 0 Å². The van der Waals surface area contributed by atoms with E-state index in [0.29, 0.717) is 10.6 Å². The van der Waals surface area contributed by atoms with Gasteiger partial charge in [-0.1, -0.05) is 0 Å². The van der Waals surface area contributed by atoms with E-state index in [1.165, 1.54) is 6.20 Å². The van der Waals surface area contributed by atoms with Crippen LogP contribution in [0.4, 0.5) is 0 Å². The van der Waals surface area contributed by atoms with E-state index < -0.39 is 0 Å². The molecule has 0 unspecified atom stereocenters. The fraction of sp³-hybridized carbons (Fsp3) is 0.167. The molecule has 0 amide bonds. The summed E-state index contributed by atoms with van der Waals surface area (Å²) < 4.78 is 0.794. The van der Waals surface area contributed by atoms with E-state index in [2.05, 4.69) is 12.6 Å². The third-order valence-electron chi connectivity index (χ3n) is 1.09. The van der Waals surface area contributed by atoms with Crippen LogP contribution in [0.2, 0.25) is 0 Å². The predicted octanol–water partition coefficient (Wildman–Crippen LogP) is 0.917. The molecule has 0 N–H and O–H groups in total. The molecule has 3 heteroatoms. The highest BCUT2D eigenvalue weighted by molar-refractivity contribution is 7.80. The smallest absolute Gasteiger partial charge is 0.193 e. The molecule has 0 spiro atoms. The molecule has 1 heterocycles. The molecule has 0 aliphatic carbocycles. The standard InChI is InChI=1S/C6H7NOS/c1-5-2-3-6(9)4-7(5)8/h2-4,9H,1H3. The molecule has 0 saturated carbocycles. The number of nitrogens with zero attached hydrogens (tertiary/aromatic N) is 1. The highest BCUT2D eigenvalue weighted by atomic mass is 32.1. The van der Waals surface area contributed by atoms with Crippen molar-refractivity contribution in [3.8, 4) is 0 Å². The minimum atomic E-state index is 0.688. The first-order valence-electron chi connectivity index (χ1n) is 2.59. The lowest BCUT2D eigenvalue weighted by molar-refractivity contribution is -0.614. The van der Waals surface area contributed by atoms with Gasteiger partial charge in [-0.05, 0) is 6.07 Å². The molecule has 0 fully saturated rings. The van der Waals surface area contributed by atoms with Crippen LogP contribution in [0.25, 0.3) is 0 Å². The Hall–Kier alpha value is -0.700. The fourth-order valence-corrected chi connectivity index (χ4v) is 0.724. The van der Waals surface area contributed by atoms with Crippen molar-refractivity contribution in [1.82, 2.24) is 0 Å². The molecule has 0 aromatic carbocycles. The van der Waals surface area contributed by atoms with Crippen molar-refractivity contribution in [2.75, 3.05) is 0 Å². The second kappa shape index (κ2) is 2.27. The van der Waals surface area contributed by atoms with Crippen LogP contribution in [0.15, 0.2) is 23.2 Å². The van der Waals surface area contributed by atoms with E-state index >= 15 is 0 Å². The number of aryl methyl sites for hydroxylation is 1. The zero-order chi connectivity index (χ0) is 6.85. The largest absolute Gasteiger partial charge is 0.618 e. The molecular formula is C6H7NOS. The average molecular weight is 141 g/mol. The Labute approximate surface area is 59.1 Å². The second-order valence-corrected chi connectivity index (χ2v) is 2.37. The van der Waals surface area contributed by atoms with Crippen molar-refractivity contribution in [2.45, 2.75) is 11.8 Å². The van der Waals surface area contributed by atoms with Crippen LogP contribution < -0.4 is 4.73 Å². The maximum Gasteiger partial charge on any atom is 0.193 e. The van der Waals surface area contributed by atoms with Crippen LogP contribution >= 0.6 is 12.6 Å². The Bertz CT molecular complexity index is 224. The van der Waals surface area contributed by atoms with Gasteiger partial charge in [-0.15, -0.1) is 12.6 Å². The van der Waals surface area contributed by atoms with E-state index in [1.54, 1.807) is 19.1 Å². The minimum Gasteiger partial charge on any atom is -0.618 e. The van der Waals surface area contributed by atoms with Crippen LogP contribution in [-0.2, 0) is 0 Å². The topological polar surface area (TPSA) is 26.9 Å². The van der Waals surface area contributed by atoms with Gasteiger partial charge in [0.05, 0.1) is 4.90 Å². The number of aromatic nitrogens is 1. The molecule has 0 saturated heterocycles. The summed E-state index contributed by atoms with van der Waals surface area (Å²) in [6.45, 7) is 1.75. The van der Waals surface area contributed by atoms with Crippen LogP contribution in [-0.4, -0.2) is 0 Å². The zero-order valence-electron chi connectivity index (χ0n) is 5.03. The summed E-state index contributed by atoms with van der Waals surface area (Å²) >= 11 is 3.98. The monoisotopic (exact) mass is 141 g/mol. The van der Waals surface area contributed by atoms with Crippen molar-refractivity contribution in [3.63, 3.8) is 0 Å². The summed E-state index contributed by atoms with van der Waals surface area (Å²) in [6, 6.07) is 3.52. The second-order valence-electron chi connectivity index (χ2n) is 1.85. The van der Waals surface area contributed by atoms with Crippen LogP contribution in [0.1, 0.15) is 5.69 Å². The maximum atomic E-state index is 10.7. The van der Waals surface area contributed by atoms with Crippen LogP contribution in [0.3, 0.4) is 0 Å². The molecule has 0 atom stereocenters. The van der Waals surface area contributed by atoms with Gasteiger partial charge in [0.25, 0.3) is 0 Å². The molecule has 0 radical (unpaired) electrons. The van der Waals surface area contributed by atoms with E-state index in [9.17, 15) is 5.21 Å². The van der Waals surface area contributed by atoms with Crippen molar-refractivity contribution >= 4 is 12.6 Å². The van der Waals surface area contributed by atoms with Gasteiger partial charge < -0.3 is 5.21 Å². The molecule has 0 aliphatic rings. The van der Waals surface area contributed by atoms with Crippen LogP contribution in [0.5, 0.6) is 0 Å². The van der Waals surface area contributed by atoms with Crippen molar-refractivity contribution in [2.24, 2.45) is 0 Å². The number of hydrogen-bond donors (Lipinski definition) is 1. The molecule has 2 nitrogen and oxygen atoms in total. The Morgan fingerprint density at radius 3 is 2.67 bits per heavy atom. The maximum absolute atomic E-state index is 10.7. The lowest BCUT2D eigenvalue weighted by atomic mass is 10.4. The zero-order valence-corrected chi connectivity index (χ0v) is 5.93. The van der Waals surface area contributed by atoms with E-state index in [-0.39, 0.29) is 0 Å². The third kappa shape index (κ3) is 1.36. The fourth-order valence-electron chi connectivity index (χ4n) is 0.544. The third-order valence-corrected chi connectivity index (χ3v) is 1.36. The van der Waals surface area contributed by atoms with Gasteiger partial charge in [-0.25, -0.2) is 0 Å². The molecular weight excluding hydrogens is 134 g/mol. The Kier molecular flexibility index (Phi) is 1.62. The highest BCUT2D eigenvalue weighted by Crippen LogP contribution is 2.00. The Morgan fingerprint density at radius 2 is 2.22 bits per heavy atom. The molecule has 0 aliphatic heterocycles. The summed E-state index contributed by atoms with van der Waals surface area (Å²) in [5.74, 6) is 0. The van der Waals surface area contributed by atoms with Crippen molar-refractivity contribution in [1.29, 1.82) is 0 Å². The normalized spacial score (nSPS) is 9.56. The first-order valence-corrected chi connectivity index (χ1v) is 3.03. The Morgan fingerprint density at radius 1 is 1.56 bits per heavy atom. The SMILES string of the molecule is Cc1ccc(S)c[n+]1[O-]. The average Bonchev–Trinajstić information content (AvgIpc) is 1.80. The molecule has 1 aromatic heterocycles. The molecule has 48 valence electrons. The summed E-state index contributed by atoms with van der Waals surface area (Å²) in [5.41, 5.74) is 0.688. The summed E-state index contributed by atoms with van der Waals surface area (Å²) in [4.78, 5) is 0.690. The molecule has 1 rings (SSSR count). The summed E-state index contributed by atoms with van der Waals surface area (Å²) in [7, 11) is 0. The number of pyridine rings is 1. The number of rotatable bonds is 0. The van der Waals surface area contributed by atoms with Gasteiger partial charge in [0.1, 0.15) is 0 Å². The van der Waals surface area contributed by atoms with Gasteiger partial charge in [0.2, 0.25) is 0 Å². The highest BCUT2D eigenvalue weighted by Gasteiger charge is 1.95. The number of thiol groups is 1. The lowest BCUT2D eigenvalue weighted by Crippen LogP contribution is -2.28. The van der Waals surface area contributed by atoms with Gasteiger partial charge in [-0.2, -0.15) is 4.73 Å². The van der Waals surface area contributed by atoms with Gasteiger partial charge in [0, 0.05) is 13.0 Å². The van der Waals surface area contributed by atoms with Crippen molar-refractivity contribution < 1.29 is 4.73 Å². The predicted molar refractivity (Wildman–Crippen MR) is 37.4 cm³/mol. The summed E-state index contributed by atoms with van der Waals surface area (Å²) in [5, 5.41) is 10.7. The van der Waals surface area contributed by atoms with Crippen molar-refractivity contribution in [3.05, 3.63) is 29.2 Å². The summed E-state index contributed by atoms with van der Waals surface area (Å²) in [6.07, 6.45) is 1.43. The van der Waals surface area contributed by atoms with Gasteiger partial charge in [0.15, 0.2) is 11.9 Å². The Balaban J connectivity index is 3.17. The lowest BCUT2D eigenvalue weighted by Gasteiger charge is -1.98. The minimum absolute atomic E-state index is 0.688. The first-order chi connectivity index (χ1) is 4.20. The molecule has 9 heavy (non-hydrogen) atoms. The van der Waals surface area contributed by atoms with Crippen LogP contribution in [0, 0.1) is 12.1 Å². The van der Waals surface area contributed by atoms with E-state index in [0.717, 1.165) is 4.73 Å². The molecule has 1 aromatic rings.